The van der Waals surface area contributed by atoms with Crippen LogP contribution in [-0.2, 0) is 0 Å². The van der Waals surface area contributed by atoms with Crippen molar-refractivity contribution in [2.45, 2.75) is 6.92 Å². The predicted octanol–water partition coefficient (Wildman–Crippen LogP) is 1.68. The highest BCUT2D eigenvalue weighted by Crippen LogP contribution is 2.39. The average molecular weight is 275 g/mol. The first kappa shape index (κ1) is 13.0. The molecule has 3 rings (SSSR count). The highest BCUT2D eigenvalue weighted by molar-refractivity contribution is 5.92. The minimum Gasteiger partial charge on any atom is -0.383 e. The summed E-state index contributed by atoms with van der Waals surface area (Å²) >= 11 is 0. The van der Waals surface area contributed by atoms with Crippen molar-refractivity contribution < 1.29 is 0 Å². The van der Waals surface area contributed by atoms with Crippen molar-refractivity contribution in [3.8, 4) is 12.1 Å². The summed E-state index contributed by atoms with van der Waals surface area (Å²) in [5.74, 6) is 0.332. The van der Waals surface area contributed by atoms with Gasteiger partial charge in [-0.15, -0.1) is 0 Å². The monoisotopic (exact) mass is 275 g/mol. The number of fused-ring (bicyclic) bond motifs is 1. The van der Waals surface area contributed by atoms with Crippen LogP contribution in [0.1, 0.15) is 11.1 Å². The largest absolute Gasteiger partial charge is 0.383 e. The van der Waals surface area contributed by atoms with Gasteiger partial charge in [-0.3, -0.25) is 5.01 Å². The number of hydrogen-bond acceptors (Lipinski definition) is 5. The topological polar surface area (TPSA) is 88.9 Å². The highest BCUT2D eigenvalue weighted by Gasteiger charge is 2.33. The summed E-state index contributed by atoms with van der Waals surface area (Å²) in [6.45, 7) is 2.54. The Morgan fingerprint density at radius 1 is 1.19 bits per heavy atom. The molecule has 2 aliphatic heterocycles. The molecule has 0 amide bonds. The van der Waals surface area contributed by atoms with Gasteiger partial charge >= 0.3 is 0 Å². The summed E-state index contributed by atoms with van der Waals surface area (Å²) in [6.07, 6.45) is 1.90. The second-order valence-electron chi connectivity index (χ2n) is 4.84. The fraction of sp³-hybridized carbons (Fsp3) is 0.125. The van der Waals surface area contributed by atoms with Gasteiger partial charge in [0.05, 0.1) is 11.3 Å². The first-order valence-corrected chi connectivity index (χ1v) is 6.53. The highest BCUT2D eigenvalue weighted by atomic mass is 15.6. The van der Waals surface area contributed by atoms with E-state index in [1.807, 2.05) is 37.3 Å². The maximum atomic E-state index is 9.58. The predicted molar refractivity (Wildman–Crippen MR) is 78.5 cm³/mol. The van der Waals surface area contributed by atoms with Gasteiger partial charge in [-0.25, -0.2) is 5.43 Å². The Balaban J connectivity index is 2.36. The SMILES string of the molecule is Cc1ccccc1C1=C(C#N)C2=CCNN2C(N)=C1C#N. The molecule has 0 bridgehead atoms. The molecule has 0 saturated heterocycles. The lowest BCUT2D eigenvalue weighted by Gasteiger charge is -2.29. The van der Waals surface area contributed by atoms with Crippen molar-refractivity contribution in [2.24, 2.45) is 5.73 Å². The average Bonchev–Trinajstić information content (AvgIpc) is 2.97. The maximum Gasteiger partial charge on any atom is 0.137 e. The Kier molecular flexibility index (Phi) is 2.98. The molecule has 1 aromatic rings. The smallest absolute Gasteiger partial charge is 0.137 e. The zero-order chi connectivity index (χ0) is 15.0. The first-order valence-electron chi connectivity index (χ1n) is 6.53. The van der Waals surface area contributed by atoms with Gasteiger partial charge in [0, 0.05) is 12.1 Å². The van der Waals surface area contributed by atoms with Crippen molar-refractivity contribution in [2.75, 3.05) is 6.54 Å². The molecule has 0 saturated carbocycles. The number of aryl methyl sites for hydroxylation is 1. The van der Waals surface area contributed by atoms with E-state index in [0.717, 1.165) is 11.1 Å². The van der Waals surface area contributed by atoms with Gasteiger partial charge in [-0.1, -0.05) is 24.3 Å². The number of nitrogens with two attached hydrogens (primary N) is 1. The summed E-state index contributed by atoms with van der Waals surface area (Å²) in [4.78, 5) is 0. The van der Waals surface area contributed by atoms with E-state index in [1.165, 1.54) is 0 Å². The van der Waals surface area contributed by atoms with Crippen LogP contribution in [0, 0.1) is 29.6 Å². The van der Waals surface area contributed by atoms with E-state index < -0.39 is 0 Å². The second kappa shape index (κ2) is 4.82. The number of allylic oxidation sites excluding steroid dienone is 3. The Bertz CT molecular complexity index is 799. The summed E-state index contributed by atoms with van der Waals surface area (Å²) < 4.78 is 0. The fourth-order valence-corrected chi connectivity index (χ4v) is 2.68. The van der Waals surface area contributed by atoms with Crippen molar-refractivity contribution in [1.29, 1.82) is 10.5 Å². The van der Waals surface area contributed by atoms with Gasteiger partial charge in [0.1, 0.15) is 23.5 Å². The Hall–Kier alpha value is -3.02. The molecule has 102 valence electrons. The standard InChI is InChI=1S/C16H13N5/c1-10-4-2-3-5-11(10)15-12(8-17)14-6-7-20-21(14)16(19)13(15)9-18/h2-6,20H,7,19H2,1H3. The van der Waals surface area contributed by atoms with Crippen molar-refractivity contribution in [1.82, 2.24) is 10.4 Å². The molecule has 3 N–H and O–H groups in total. The van der Waals surface area contributed by atoms with Crippen LogP contribution >= 0.6 is 0 Å². The van der Waals surface area contributed by atoms with E-state index in [9.17, 15) is 10.5 Å². The molecule has 0 unspecified atom stereocenters. The van der Waals surface area contributed by atoms with E-state index in [-0.39, 0.29) is 0 Å². The number of nitrogens with one attached hydrogen (secondary N) is 1. The molecule has 0 fully saturated rings. The zero-order valence-electron chi connectivity index (χ0n) is 11.5. The minimum atomic E-state index is 0.326. The van der Waals surface area contributed by atoms with Crippen LogP contribution in [0.4, 0.5) is 0 Å². The van der Waals surface area contributed by atoms with E-state index in [1.54, 1.807) is 5.01 Å². The number of nitrogens with zero attached hydrogens (tertiary/aromatic N) is 3. The van der Waals surface area contributed by atoms with E-state index >= 15 is 0 Å². The molecule has 5 heteroatoms. The molecular formula is C16H13N5. The normalized spacial score (nSPS) is 17.3. The molecule has 5 nitrogen and oxygen atoms in total. The second-order valence-corrected chi connectivity index (χ2v) is 4.84. The molecular weight excluding hydrogens is 262 g/mol. The number of hydrazine groups is 1. The Morgan fingerprint density at radius 3 is 2.57 bits per heavy atom. The molecule has 0 aliphatic carbocycles. The van der Waals surface area contributed by atoms with Gasteiger partial charge in [-0.05, 0) is 24.1 Å². The molecule has 0 aromatic heterocycles. The van der Waals surface area contributed by atoms with Crippen LogP contribution in [0.25, 0.3) is 5.57 Å². The van der Waals surface area contributed by atoms with Gasteiger partial charge < -0.3 is 5.73 Å². The lowest BCUT2D eigenvalue weighted by atomic mass is 9.87. The third-order valence-corrected chi connectivity index (χ3v) is 3.68. The number of hydrogen-bond donors (Lipinski definition) is 2. The molecule has 0 spiro atoms. The molecule has 1 aromatic carbocycles. The van der Waals surface area contributed by atoms with Gasteiger partial charge in [-0.2, -0.15) is 10.5 Å². The van der Waals surface area contributed by atoms with Crippen LogP contribution in [0.5, 0.6) is 0 Å². The first-order chi connectivity index (χ1) is 10.2. The quantitative estimate of drug-likeness (QED) is 0.814. The summed E-state index contributed by atoms with van der Waals surface area (Å²) in [6, 6.07) is 12.0. The Morgan fingerprint density at radius 2 is 1.90 bits per heavy atom. The van der Waals surface area contributed by atoms with Crippen molar-refractivity contribution in [3.63, 3.8) is 0 Å². The van der Waals surface area contributed by atoms with Gasteiger partial charge in [0.2, 0.25) is 0 Å². The third-order valence-electron chi connectivity index (χ3n) is 3.68. The van der Waals surface area contributed by atoms with E-state index in [4.69, 9.17) is 5.73 Å². The molecule has 2 heterocycles. The summed E-state index contributed by atoms with van der Waals surface area (Å²) in [5.41, 5.74) is 13.1. The fourth-order valence-electron chi connectivity index (χ4n) is 2.68. The number of rotatable bonds is 1. The zero-order valence-corrected chi connectivity index (χ0v) is 11.5. The van der Waals surface area contributed by atoms with Crippen LogP contribution in [0.15, 0.2) is 53.0 Å². The molecule has 0 radical (unpaired) electrons. The van der Waals surface area contributed by atoms with Gasteiger partial charge in [0.15, 0.2) is 0 Å². The van der Waals surface area contributed by atoms with E-state index in [0.29, 0.717) is 34.8 Å². The lowest BCUT2D eigenvalue weighted by Crippen LogP contribution is -2.38. The summed E-state index contributed by atoms with van der Waals surface area (Å²) in [7, 11) is 0. The van der Waals surface area contributed by atoms with Crippen LogP contribution in [0.3, 0.4) is 0 Å². The van der Waals surface area contributed by atoms with E-state index in [2.05, 4.69) is 17.6 Å². The molecule has 2 aliphatic rings. The maximum absolute atomic E-state index is 9.58. The molecule has 0 atom stereocenters. The third kappa shape index (κ3) is 1.80. The van der Waals surface area contributed by atoms with Crippen LogP contribution in [0.2, 0.25) is 0 Å². The summed E-state index contributed by atoms with van der Waals surface area (Å²) in [5, 5.41) is 20.7. The van der Waals surface area contributed by atoms with Crippen LogP contribution in [-0.4, -0.2) is 11.6 Å². The van der Waals surface area contributed by atoms with Gasteiger partial charge in [0.25, 0.3) is 0 Å². The van der Waals surface area contributed by atoms with Crippen LogP contribution < -0.4 is 11.2 Å². The Labute approximate surface area is 122 Å². The number of benzene rings is 1. The molecule has 21 heavy (non-hydrogen) atoms. The number of nitriles is 2. The van der Waals surface area contributed by atoms with Crippen molar-refractivity contribution in [3.05, 3.63) is 64.1 Å². The van der Waals surface area contributed by atoms with Crippen molar-refractivity contribution >= 4 is 5.57 Å². The lowest BCUT2D eigenvalue weighted by molar-refractivity contribution is 0.353. The minimum absolute atomic E-state index is 0.326.